The van der Waals surface area contributed by atoms with E-state index in [1.54, 1.807) is 36.4 Å². The molecule has 0 radical (unpaired) electrons. The average molecular weight is 444 g/mol. The lowest BCUT2D eigenvalue weighted by atomic mass is 10.1. The van der Waals surface area contributed by atoms with E-state index in [4.69, 9.17) is 15.6 Å². The van der Waals surface area contributed by atoms with Crippen molar-refractivity contribution >= 4 is 39.9 Å². The predicted octanol–water partition coefficient (Wildman–Crippen LogP) is 2.83. The number of carboxylic acid groups (broad SMARTS) is 1. The van der Waals surface area contributed by atoms with Gasteiger partial charge in [0.2, 0.25) is 0 Å². The van der Waals surface area contributed by atoms with Crippen molar-refractivity contribution in [3.8, 4) is 11.8 Å². The quantitative estimate of drug-likeness (QED) is 0.462. The fourth-order valence-electron chi connectivity index (χ4n) is 2.15. The van der Waals surface area contributed by atoms with E-state index in [1.165, 1.54) is 18.2 Å². The van der Waals surface area contributed by atoms with Crippen LogP contribution in [0.5, 0.6) is 5.75 Å². The minimum Gasteiger partial charge on any atom is -0.488 e. The van der Waals surface area contributed by atoms with Crippen LogP contribution in [-0.2, 0) is 11.4 Å². The van der Waals surface area contributed by atoms with Crippen molar-refractivity contribution < 1.29 is 24.2 Å². The third-order valence-corrected chi connectivity index (χ3v) is 3.96. The van der Waals surface area contributed by atoms with Crippen molar-refractivity contribution in [2.24, 2.45) is 5.73 Å². The first-order valence-electron chi connectivity index (χ1n) is 7.77. The van der Waals surface area contributed by atoms with E-state index in [0.29, 0.717) is 15.8 Å². The topological polar surface area (TPSA) is 143 Å². The number of primary amides is 1. The first kappa shape index (κ1) is 20.7. The van der Waals surface area contributed by atoms with Crippen LogP contribution in [0.2, 0.25) is 0 Å². The summed E-state index contributed by atoms with van der Waals surface area (Å²) < 4.78 is 6.42. The lowest BCUT2D eigenvalue weighted by Crippen LogP contribution is -2.35. The largest absolute Gasteiger partial charge is 0.488 e. The summed E-state index contributed by atoms with van der Waals surface area (Å²) in [5.74, 6) is -1.57. The van der Waals surface area contributed by atoms with Gasteiger partial charge in [-0.25, -0.2) is 9.59 Å². The van der Waals surface area contributed by atoms with Gasteiger partial charge in [0.1, 0.15) is 24.0 Å². The summed E-state index contributed by atoms with van der Waals surface area (Å²) >= 11 is 3.31. The van der Waals surface area contributed by atoms with Gasteiger partial charge in [-0.1, -0.05) is 28.1 Å². The average Bonchev–Trinajstić information content (AvgIpc) is 2.65. The highest BCUT2D eigenvalue weighted by Crippen LogP contribution is 2.26. The molecule has 2 rings (SSSR count). The highest BCUT2D eigenvalue weighted by Gasteiger charge is 2.13. The number of ether oxygens (including phenoxy) is 1. The van der Waals surface area contributed by atoms with Crippen LogP contribution in [0.15, 0.2) is 52.5 Å². The van der Waals surface area contributed by atoms with Crippen LogP contribution in [0.4, 0.5) is 4.79 Å². The van der Waals surface area contributed by atoms with E-state index in [1.807, 2.05) is 5.32 Å². The van der Waals surface area contributed by atoms with Gasteiger partial charge in [0.15, 0.2) is 0 Å². The minimum atomic E-state index is -1.07. The predicted molar refractivity (Wildman–Crippen MR) is 103 cm³/mol. The molecular weight excluding hydrogens is 430 g/mol. The molecular formula is C19H14BrN3O5. The van der Waals surface area contributed by atoms with Crippen molar-refractivity contribution in [3.63, 3.8) is 0 Å². The zero-order valence-corrected chi connectivity index (χ0v) is 15.9. The third-order valence-electron chi connectivity index (χ3n) is 3.47. The second-order valence-corrected chi connectivity index (χ2v) is 6.38. The van der Waals surface area contributed by atoms with Crippen LogP contribution in [0.3, 0.4) is 0 Å². The van der Waals surface area contributed by atoms with Crippen LogP contribution in [0.1, 0.15) is 21.5 Å². The summed E-state index contributed by atoms with van der Waals surface area (Å²) in [5.41, 5.74) is 5.89. The summed E-state index contributed by atoms with van der Waals surface area (Å²) in [6, 6.07) is 11.8. The van der Waals surface area contributed by atoms with Crippen molar-refractivity contribution in [2.45, 2.75) is 6.61 Å². The Balaban J connectivity index is 2.25. The molecule has 8 nitrogen and oxygen atoms in total. The summed E-state index contributed by atoms with van der Waals surface area (Å²) in [4.78, 5) is 33.6. The number of hydrogen-bond acceptors (Lipinski definition) is 5. The van der Waals surface area contributed by atoms with Gasteiger partial charge < -0.3 is 15.6 Å². The van der Waals surface area contributed by atoms with Crippen LogP contribution >= 0.6 is 15.9 Å². The molecule has 28 heavy (non-hydrogen) atoms. The van der Waals surface area contributed by atoms with Crippen molar-refractivity contribution in [2.75, 3.05) is 0 Å². The van der Waals surface area contributed by atoms with Crippen LogP contribution in [-0.4, -0.2) is 23.0 Å². The number of imide groups is 1. The van der Waals surface area contributed by atoms with Gasteiger partial charge in [0.25, 0.3) is 5.91 Å². The van der Waals surface area contributed by atoms with Gasteiger partial charge >= 0.3 is 12.0 Å². The van der Waals surface area contributed by atoms with Crippen molar-refractivity contribution in [1.82, 2.24) is 5.32 Å². The van der Waals surface area contributed by atoms with E-state index in [2.05, 4.69) is 15.9 Å². The maximum absolute atomic E-state index is 11.8. The summed E-state index contributed by atoms with van der Waals surface area (Å²) in [6.07, 6.45) is 1.27. The number of carbonyl (C=O) groups is 3. The Morgan fingerprint density at radius 3 is 2.46 bits per heavy atom. The maximum atomic E-state index is 11.8. The molecule has 0 aliphatic carbocycles. The van der Waals surface area contributed by atoms with Crippen LogP contribution < -0.4 is 15.8 Å². The molecule has 2 aromatic rings. The normalized spacial score (nSPS) is 10.6. The molecule has 0 fully saturated rings. The highest BCUT2D eigenvalue weighted by atomic mass is 79.9. The van der Waals surface area contributed by atoms with Crippen molar-refractivity contribution in [3.05, 3.63) is 69.2 Å². The summed E-state index contributed by atoms with van der Waals surface area (Å²) in [7, 11) is 0. The van der Waals surface area contributed by atoms with Gasteiger partial charge in [-0.3, -0.25) is 10.1 Å². The van der Waals surface area contributed by atoms with E-state index in [9.17, 15) is 19.6 Å². The number of nitrogens with one attached hydrogen (secondary N) is 1. The SMILES string of the molecule is N#C/C(=C/c1cc(Br)ccc1OCc1ccc(C(=O)O)cc1)C(=O)NC(N)=O. The molecule has 0 aromatic heterocycles. The Kier molecular flexibility index (Phi) is 6.90. The van der Waals surface area contributed by atoms with Gasteiger partial charge in [0, 0.05) is 10.0 Å². The zero-order chi connectivity index (χ0) is 20.7. The molecule has 0 aliphatic rings. The van der Waals surface area contributed by atoms with Gasteiger partial charge in [-0.15, -0.1) is 0 Å². The number of carbonyl (C=O) groups excluding carboxylic acids is 2. The summed E-state index contributed by atoms with van der Waals surface area (Å²) in [6.45, 7) is 0.137. The zero-order valence-electron chi connectivity index (χ0n) is 14.3. The van der Waals surface area contributed by atoms with Gasteiger partial charge in [0.05, 0.1) is 5.56 Å². The molecule has 9 heteroatoms. The molecule has 0 unspecified atom stereocenters. The molecule has 2 aromatic carbocycles. The molecule has 142 valence electrons. The third kappa shape index (κ3) is 5.69. The number of aromatic carboxylic acids is 1. The molecule has 0 saturated heterocycles. The number of nitriles is 1. The molecule has 0 spiro atoms. The Morgan fingerprint density at radius 1 is 1.21 bits per heavy atom. The second kappa shape index (κ2) is 9.34. The fraction of sp³-hybridized carbons (Fsp3) is 0.0526. The number of hydrogen-bond donors (Lipinski definition) is 3. The lowest BCUT2D eigenvalue weighted by Gasteiger charge is -2.11. The number of nitrogens with two attached hydrogens (primary N) is 1. The molecule has 0 bridgehead atoms. The van der Waals surface area contributed by atoms with E-state index in [0.717, 1.165) is 5.56 Å². The number of carboxylic acids is 1. The summed E-state index contributed by atoms with van der Waals surface area (Å²) in [5, 5.41) is 19.9. The molecule has 4 N–H and O–H groups in total. The maximum Gasteiger partial charge on any atom is 0.335 e. The number of amides is 3. The standard InChI is InChI=1S/C19H14BrN3O5/c20-15-5-6-16(28-10-11-1-3-12(4-2-11)18(25)26)13(8-15)7-14(9-21)17(24)23-19(22)27/h1-8H,10H2,(H,25,26)(H3,22,23,24,27)/b14-7-. The monoisotopic (exact) mass is 443 g/mol. The van der Waals surface area contributed by atoms with Gasteiger partial charge in [-0.2, -0.15) is 5.26 Å². The molecule has 3 amide bonds. The van der Waals surface area contributed by atoms with E-state index >= 15 is 0 Å². The number of urea groups is 1. The van der Waals surface area contributed by atoms with Gasteiger partial charge in [-0.05, 0) is 42.0 Å². The Hall–Kier alpha value is -3.64. The van der Waals surface area contributed by atoms with E-state index in [-0.39, 0.29) is 17.7 Å². The molecule has 0 aliphatic heterocycles. The Morgan fingerprint density at radius 2 is 1.89 bits per heavy atom. The smallest absolute Gasteiger partial charge is 0.335 e. The van der Waals surface area contributed by atoms with Crippen molar-refractivity contribution in [1.29, 1.82) is 5.26 Å². The number of nitrogens with zero attached hydrogens (tertiary/aromatic N) is 1. The first-order valence-corrected chi connectivity index (χ1v) is 8.56. The second-order valence-electron chi connectivity index (χ2n) is 5.46. The Labute approximate surface area is 168 Å². The first-order chi connectivity index (χ1) is 13.3. The number of rotatable bonds is 6. The molecule has 0 saturated carbocycles. The van der Waals surface area contributed by atoms with Crippen LogP contribution in [0, 0.1) is 11.3 Å². The van der Waals surface area contributed by atoms with E-state index < -0.39 is 17.9 Å². The highest BCUT2D eigenvalue weighted by molar-refractivity contribution is 9.10. The minimum absolute atomic E-state index is 0.137. The Bertz CT molecular complexity index is 994. The fourth-order valence-corrected chi connectivity index (χ4v) is 2.53. The molecule has 0 atom stereocenters. The molecule has 0 heterocycles. The number of benzene rings is 2. The van der Waals surface area contributed by atoms with Crippen LogP contribution in [0.25, 0.3) is 6.08 Å². The lowest BCUT2D eigenvalue weighted by molar-refractivity contribution is -0.115. The number of halogens is 1.